The van der Waals surface area contributed by atoms with E-state index in [1.807, 2.05) is 0 Å². The molecule has 1 aromatic rings. The van der Waals surface area contributed by atoms with Gasteiger partial charge in [-0.25, -0.2) is 0 Å². The van der Waals surface area contributed by atoms with Crippen molar-refractivity contribution < 1.29 is 12.6 Å². The first-order valence-corrected chi connectivity index (χ1v) is 10.0. The average molecular weight is 466 g/mol. The quantitative estimate of drug-likeness (QED) is 0.246. The molecule has 3 nitrogen and oxygen atoms in total. The van der Waals surface area contributed by atoms with Crippen molar-refractivity contribution in [3.8, 4) is 0 Å². The van der Waals surface area contributed by atoms with E-state index in [2.05, 4.69) is 6.92 Å². The number of hydrogen-bond acceptors (Lipinski definition) is 3. The molecule has 0 amide bonds. The Morgan fingerprint density at radius 3 is 1.78 bits per heavy atom. The third-order valence-corrected chi connectivity index (χ3v) is 5.09. The SMILES string of the molecule is CCCCCCCCCCCCOS(=O)(=O)c1ccccc1.[BaH2]. The van der Waals surface area contributed by atoms with Crippen molar-refractivity contribution in [3.05, 3.63) is 30.3 Å². The Kier molecular flexibility index (Phi) is 15.5. The molecule has 0 spiro atoms. The molecule has 0 saturated carbocycles. The zero-order valence-corrected chi connectivity index (χ0v) is 14.6. The van der Waals surface area contributed by atoms with Gasteiger partial charge in [0.15, 0.2) is 0 Å². The molecule has 130 valence electrons. The summed E-state index contributed by atoms with van der Waals surface area (Å²) in [6.45, 7) is 2.52. The van der Waals surface area contributed by atoms with Crippen LogP contribution in [0.15, 0.2) is 35.2 Å². The molecule has 0 aromatic heterocycles. The molecule has 0 unspecified atom stereocenters. The standard InChI is InChI=1S/C18H30O3S.Ba.2H/c1-2-3-4-5-6-7-8-9-10-14-17-21-22(19,20)18-15-12-11-13-16-18;;;/h11-13,15-16H,2-10,14,17H2,1H3;;;. The first-order valence-electron chi connectivity index (χ1n) is 8.61. The van der Waals surface area contributed by atoms with E-state index in [-0.39, 0.29) is 60.4 Å². The van der Waals surface area contributed by atoms with Crippen LogP contribution in [0.1, 0.15) is 71.1 Å². The molecule has 0 aliphatic carbocycles. The number of unbranched alkanes of at least 4 members (excludes halogenated alkanes) is 9. The minimum absolute atomic E-state index is 0. The van der Waals surface area contributed by atoms with Crippen LogP contribution in [0.25, 0.3) is 0 Å². The molecule has 0 fully saturated rings. The second-order valence-corrected chi connectivity index (χ2v) is 7.39. The van der Waals surface area contributed by atoms with Crippen LogP contribution >= 0.6 is 0 Å². The van der Waals surface area contributed by atoms with Crippen molar-refractivity contribution >= 4 is 59.0 Å². The molecule has 23 heavy (non-hydrogen) atoms. The van der Waals surface area contributed by atoms with Gasteiger partial charge < -0.3 is 0 Å². The monoisotopic (exact) mass is 466 g/mol. The summed E-state index contributed by atoms with van der Waals surface area (Å²) in [5.74, 6) is 0. The van der Waals surface area contributed by atoms with Crippen LogP contribution in [0.3, 0.4) is 0 Å². The summed E-state index contributed by atoms with van der Waals surface area (Å²) >= 11 is 0. The van der Waals surface area contributed by atoms with E-state index >= 15 is 0 Å². The van der Waals surface area contributed by atoms with E-state index in [4.69, 9.17) is 4.18 Å². The fourth-order valence-electron chi connectivity index (χ4n) is 2.41. The molecular weight excluding hydrogens is 434 g/mol. The van der Waals surface area contributed by atoms with E-state index in [0.29, 0.717) is 0 Å². The van der Waals surface area contributed by atoms with Crippen molar-refractivity contribution in [2.24, 2.45) is 0 Å². The van der Waals surface area contributed by atoms with Crippen LogP contribution in [0.2, 0.25) is 0 Å². The molecular formula is C18H32BaO3S. The minimum atomic E-state index is -3.57. The second-order valence-electron chi connectivity index (χ2n) is 5.77. The van der Waals surface area contributed by atoms with E-state index in [1.54, 1.807) is 30.3 Å². The maximum atomic E-state index is 11.9. The van der Waals surface area contributed by atoms with Gasteiger partial charge in [-0.3, -0.25) is 4.18 Å². The molecule has 0 saturated heterocycles. The molecule has 5 heteroatoms. The van der Waals surface area contributed by atoms with Gasteiger partial charge in [-0.2, -0.15) is 8.42 Å². The van der Waals surface area contributed by atoms with Gasteiger partial charge in [-0.1, -0.05) is 82.9 Å². The molecule has 0 aliphatic rings. The Morgan fingerprint density at radius 2 is 1.26 bits per heavy atom. The second kappa shape index (κ2) is 15.0. The normalized spacial score (nSPS) is 11.2. The van der Waals surface area contributed by atoms with Crippen LogP contribution in [0.4, 0.5) is 0 Å². The predicted octanol–water partition coefficient (Wildman–Crippen LogP) is 4.40. The summed E-state index contributed by atoms with van der Waals surface area (Å²) in [6, 6.07) is 8.33. The fourth-order valence-corrected chi connectivity index (χ4v) is 3.38. The fraction of sp³-hybridized carbons (Fsp3) is 0.667. The molecule has 0 aliphatic heterocycles. The molecule has 1 aromatic carbocycles. The first-order chi connectivity index (χ1) is 10.7. The van der Waals surface area contributed by atoms with Gasteiger partial charge in [0.1, 0.15) is 0 Å². The zero-order valence-electron chi connectivity index (χ0n) is 13.8. The molecule has 0 heterocycles. The van der Waals surface area contributed by atoms with Gasteiger partial charge in [0.25, 0.3) is 10.1 Å². The Hall–Kier alpha value is 0.701. The topological polar surface area (TPSA) is 43.4 Å². The van der Waals surface area contributed by atoms with E-state index in [1.165, 1.54) is 51.4 Å². The summed E-state index contributed by atoms with van der Waals surface area (Å²) in [7, 11) is -3.57. The van der Waals surface area contributed by atoms with Crippen LogP contribution < -0.4 is 0 Å². The van der Waals surface area contributed by atoms with Crippen LogP contribution in [0, 0.1) is 0 Å². The maximum absolute atomic E-state index is 11.9. The van der Waals surface area contributed by atoms with Crippen LogP contribution in [-0.4, -0.2) is 63.9 Å². The average Bonchev–Trinajstić information content (AvgIpc) is 2.53. The molecule has 0 N–H and O–H groups in total. The van der Waals surface area contributed by atoms with Gasteiger partial charge in [-0.15, -0.1) is 0 Å². The van der Waals surface area contributed by atoms with Gasteiger partial charge in [0, 0.05) is 0 Å². The Morgan fingerprint density at radius 1 is 0.783 bits per heavy atom. The zero-order chi connectivity index (χ0) is 16.1. The van der Waals surface area contributed by atoms with Gasteiger partial charge >= 0.3 is 48.9 Å². The van der Waals surface area contributed by atoms with Crippen molar-refractivity contribution in [2.45, 2.75) is 76.0 Å². The predicted molar refractivity (Wildman–Crippen MR) is 100.0 cm³/mol. The Labute approximate surface area is 182 Å². The van der Waals surface area contributed by atoms with Gasteiger partial charge in [-0.05, 0) is 18.6 Å². The van der Waals surface area contributed by atoms with E-state index < -0.39 is 10.1 Å². The first kappa shape index (κ1) is 23.7. The van der Waals surface area contributed by atoms with E-state index in [9.17, 15) is 8.42 Å². The molecule has 0 bridgehead atoms. The van der Waals surface area contributed by atoms with Gasteiger partial charge in [0.2, 0.25) is 0 Å². The van der Waals surface area contributed by atoms with Crippen molar-refractivity contribution in [1.82, 2.24) is 0 Å². The van der Waals surface area contributed by atoms with E-state index in [0.717, 1.165) is 12.8 Å². The third-order valence-electron chi connectivity index (χ3n) is 3.77. The summed E-state index contributed by atoms with van der Waals surface area (Å²) in [6.07, 6.45) is 12.3. The number of benzene rings is 1. The summed E-state index contributed by atoms with van der Waals surface area (Å²) in [5, 5.41) is 0. The summed E-state index contributed by atoms with van der Waals surface area (Å²) in [5.41, 5.74) is 0. The molecule has 0 radical (unpaired) electrons. The Balaban J connectivity index is 0.00000484. The number of rotatable bonds is 13. The molecule has 0 atom stereocenters. The van der Waals surface area contributed by atoms with Crippen LogP contribution in [0.5, 0.6) is 0 Å². The molecule has 1 rings (SSSR count). The van der Waals surface area contributed by atoms with Gasteiger partial charge in [0.05, 0.1) is 11.5 Å². The summed E-state index contributed by atoms with van der Waals surface area (Å²) < 4.78 is 28.8. The summed E-state index contributed by atoms with van der Waals surface area (Å²) in [4.78, 5) is 0.238. The van der Waals surface area contributed by atoms with Crippen molar-refractivity contribution in [1.29, 1.82) is 0 Å². The van der Waals surface area contributed by atoms with Crippen LogP contribution in [-0.2, 0) is 14.3 Å². The Bertz CT molecular complexity index is 474. The van der Waals surface area contributed by atoms with Crippen molar-refractivity contribution in [2.75, 3.05) is 6.61 Å². The third kappa shape index (κ3) is 11.8. The van der Waals surface area contributed by atoms with Crippen molar-refractivity contribution in [3.63, 3.8) is 0 Å². The number of hydrogen-bond donors (Lipinski definition) is 0.